The number of carbonyl (C=O) groups excluding carboxylic acids is 1. The lowest BCUT2D eigenvalue weighted by Gasteiger charge is -2.17. The van der Waals surface area contributed by atoms with Crippen molar-refractivity contribution in [1.29, 1.82) is 0 Å². The van der Waals surface area contributed by atoms with Crippen molar-refractivity contribution in [3.8, 4) is 0 Å². The quantitative estimate of drug-likeness (QED) is 0.762. The number of fused-ring (bicyclic) bond motifs is 1. The molecule has 0 saturated carbocycles. The molecule has 0 fully saturated rings. The van der Waals surface area contributed by atoms with E-state index in [1.807, 2.05) is 18.2 Å². The minimum Gasteiger partial charge on any atom is -0.398 e. The van der Waals surface area contributed by atoms with Crippen molar-refractivity contribution in [2.45, 2.75) is 6.42 Å². The number of aromatic nitrogens is 2. The molecule has 1 aromatic carbocycles. The van der Waals surface area contributed by atoms with Gasteiger partial charge in [-0.05, 0) is 18.6 Å². The van der Waals surface area contributed by atoms with Gasteiger partial charge in [0.2, 0.25) is 0 Å². The fourth-order valence-corrected chi connectivity index (χ4v) is 2.24. The lowest BCUT2D eigenvalue weighted by Crippen LogP contribution is -2.29. The van der Waals surface area contributed by atoms with E-state index in [0.717, 1.165) is 23.4 Å². The summed E-state index contributed by atoms with van der Waals surface area (Å²) in [5.41, 5.74) is 9.08. The Morgan fingerprint density at radius 2 is 2.06 bits per heavy atom. The molecule has 3 rings (SSSR count). The van der Waals surface area contributed by atoms with Crippen molar-refractivity contribution < 1.29 is 4.79 Å². The van der Waals surface area contributed by atoms with E-state index in [9.17, 15) is 4.79 Å². The first-order valence-electron chi connectivity index (χ1n) is 5.71. The zero-order chi connectivity index (χ0) is 12.5. The Morgan fingerprint density at radius 3 is 2.83 bits per heavy atom. The minimum absolute atomic E-state index is 0.0834. The maximum Gasteiger partial charge on any atom is 0.261 e. The predicted molar refractivity (Wildman–Crippen MR) is 68.3 cm³/mol. The Hall–Kier alpha value is -2.43. The molecule has 2 N–H and O–H groups in total. The second kappa shape index (κ2) is 4.10. The fraction of sp³-hybridized carbons (Fsp3) is 0.154. The van der Waals surface area contributed by atoms with Crippen LogP contribution in [0.3, 0.4) is 0 Å². The van der Waals surface area contributed by atoms with Crippen molar-refractivity contribution in [3.05, 3.63) is 48.0 Å². The molecular formula is C13H12N4O. The van der Waals surface area contributed by atoms with Crippen LogP contribution >= 0.6 is 0 Å². The van der Waals surface area contributed by atoms with E-state index in [0.29, 0.717) is 12.1 Å². The topological polar surface area (TPSA) is 72.1 Å². The number of nitrogen functional groups attached to an aromatic ring is 1. The second-order valence-corrected chi connectivity index (χ2v) is 4.18. The predicted octanol–water partition coefficient (Wildman–Crippen LogP) is 1.26. The lowest BCUT2D eigenvalue weighted by molar-refractivity contribution is 0.0988. The Kier molecular flexibility index (Phi) is 2.44. The standard InChI is InChI=1S/C13H12N4O/c14-11-2-1-3-12-10(11)4-5-17(12)13(18)9-6-15-8-16-7-9/h1-3,6-8H,4-5,14H2. The van der Waals surface area contributed by atoms with Crippen LogP contribution in [-0.4, -0.2) is 22.4 Å². The highest BCUT2D eigenvalue weighted by atomic mass is 16.2. The van der Waals surface area contributed by atoms with E-state index in [4.69, 9.17) is 5.73 Å². The molecule has 2 heterocycles. The molecule has 0 radical (unpaired) electrons. The molecule has 0 spiro atoms. The fourth-order valence-electron chi connectivity index (χ4n) is 2.24. The van der Waals surface area contributed by atoms with Crippen LogP contribution in [0.25, 0.3) is 0 Å². The van der Waals surface area contributed by atoms with E-state index in [-0.39, 0.29) is 5.91 Å². The van der Waals surface area contributed by atoms with Crippen molar-refractivity contribution in [2.24, 2.45) is 0 Å². The first-order chi connectivity index (χ1) is 8.77. The Bertz CT molecular complexity index is 597. The number of benzene rings is 1. The molecule has 0 bridgehead atoms. The van der Waals surface area contributed by atoms with Gasteiger partial charge in [0.25, 0.3) is 5.91 Å². The van der Waals surface area contributed by atoms with Gasteiger partial charge in [-0.3, -0.25) is 4.79 Å². The summed E-state index contributed by atoms with van der Waals surface area (Å²) >= 11 is 0. The highest BCUT2D eigenvalue weighted by Gasteiger charge is 2.26. The van der Waals surface area contributed by atoms with Crippen LogP contribution in [0, 0.1) is 0 Å². The molecule has 1 aromatic heterocycles. The van der Waals surface area contributed by atoms with Crippen LogP contribution in [0.15, 0.2) is 36.9 Å². The van der Waals surface area contributed by atoms with Gasteiger partial charge in [0.15, 0.2) is 0 Å². The van der Waals surface area contributed by atoms with Crippen LogP contribution in [0.4, 0.5) is 11.4 Å². The zero-order valence-electron chi connectivity index (χ0n) is 9.71. The molecule has 1 amide bonds. The summed E-state index contributed by atoms with van der Waals surface area (Å²) in [6, 6.07) is 5.64. The summed E-state index contributed by atoms with van der Waals surface area (Å²) < 4.78 is 0. The Morgan fingerprint density at radius 1 is 1.28 bits per heavy atom. The lowest BCUT2D eigenvalue weighted by atomic mass is 10.1. The number of hydrogen-bond acceptors (Lipinski definition) is 4. The maximum atomic E-state index is 12.3. The van der Waals surface area contributed by atoms with E-state index in [1.54, 1.807) is 4.90 Å². The van der Waals surface area contributed by atoms with Crippen LogP contribution in [0.1, 0.15) is 15.9 Å². The van der Waals surface area contributed by atoms with Gasteiger partial charge in [-0.25, -0.2) is 9.97 Å². The van der Waals surface area contributed by atoms with Gasteiger partial charge in [0.1, 0.15) is 6.33 Å². The summed E-state index contributed by atoms with van der Waals surface area (Å²) in [6.45, 7) is 0.650. The van der Waals surface area contributed by atoms with Gasteiger partial charge in [0, 0.05) is 35.9 Å². The maximum absolute atomic E-state index is 12.3. The smallest absolute Gasteiger partial charge is 0.261 e. The van der Waals surface area contributed by atoms with Crippen molar-refractivity contribution in [2.75, 3.05) is 17.2 Å². The number of nitrogens with two attached hydrogens (primary N) is 1. The largest absolute Gasteiger partial charge is 0.398 e. The van der Waals surface area contributed by atoms with Gasteiger partial charge >= 0.3 is 0 Å². The van der Waals surface area contributed by atoms with Gasteiger partial charge in [-0.15, -0.1) is 0 Å². The average molecular weight is 240 g/mol. The molecule has 1 aliphatic heterocycles. The third-order valence-electron chi connectivity index (χ3n) is 3.12. The van der Waals surface area contributed by atoms with Crippen LogP contribution < -0.4 is 10.6 Å². The van der Waals surface area contributed by atoms with Crippen LogP contribution in [0.2, 0.25) is 0 Å². The van der Waals surface area contributed by atoms with Gasteiger partial charge < -0.3 is 10.6 Å². The van der Waals surface area contributed by atoms with E-state index in [1.165, 1.54) is 18.7 Å². The molecule has 18 heavy (non-hydrogen) atoms. The number of nitrogens with zero attached hydrogens (tertiary/aromatic N) is 3. The molecule has 0 atom stereocenters. The third kappa shape index (κ3) is 1.60. The first-order valence-corrected chi connectivity index (χ1v) is 5.71. The van der Waals surface area contributed by atoms with Gasteiger partial charge in [-0.1, -0.05) is 6.07 Å². The molecule has 0 aliphatic carbocycles. The molecule has 90 valence electrons. The number of hydrogen-bond donors (Lipinski definition) is 1. The van der Waals surface area contributed by atoms with E-state index >= 15 is 0 Å². The van der Waals surface area contributed by atoms with Gasteiger partial charge in [-0.2, -0.15) is 0 Å². The Balaban J connectivity index is 1.98. The molecular weight excluding hydrogens is 228 g/mol. The first kappa shape index (κ1) is 10.7. The number of rotatable bonds is 1. The van der Waals surface area contributed by atoms with Crippen molar-refractivity contribution >= 4 is 17.3 Å². The molecule has 2 aromatic rings. The third-order valence-corrected chi connectivity index (χ3v) is 3.12. The molecule has 1 aliphatic rings. The summed E-state index contributed by atoms with van der Waals surface area (Å²) in [5.74, 6) is -0.0834. The summed E-state index contributed by atoms with van der Waals surface area (Å²) in [7, 11) is 0. The highest BCUT2D eigenvalue weighted by molar-refractivity contribution is 6.07. The number of carbonyl (C=O) groups is 1. The van der Waals surface area contributed by atoms with Crippen LogP contribution in [0.5, 0.6) is 0 Å². The minimum atomic E-state index is -0.0834. The Labute approximate surface area is 104 Å². The molecule has 0 saturated heterocycles. The second-order valence-electron chi connectivity index (χ2n) is 4.18. The van der Waals surface area contributed by atoms with Crippen LogP contribution in [-0.2, 0) is 6.42 Å². The summed E-state index contributed by atoms with van der Waals surface area (Å²) in [4.78, 5) is 21.8. The summed E-state index contributed by atoms with van der Waals surface area (Å²) in [5, 5.41) is 0. The zero-order valence-corrected chi connectivity index (χ0v) is 9.71. The molecule has 5 heteroatoms. The monoisotopic (exact) mass is 240 g/mol. The normalized spacial score (nSPS) is 13.4. The van der Waals surface area contributed by atoms with Crippen molar-refractivity contribution in [3.63, 3.8) is 0 Å². The van der Waals surface area contributed by atoms with E-state index in [2.05, 4.69) is 9.97 Å². The average Bonchev–Trinajstić information content (AvgIpc) is 2.84. The molecule has 5 nitrogen and oxygen atoms in total. The van der Waals surface area contributed by atoms with E-state index < -0.39 is 0 Å². The van der Waals surface area contributed by atoms with Crippen molar-refractivity contribution in [1.82, 2.24) is 9.97 Å². The summed E-state index contributed by atoms with van der Waals surface area (Å²) in [6.07, 6.45) is 5.26. The number of anilines is 2. The molecule has 0 unspecified atom stereocenters. The highest BCUT2D eigenvalue weighted by Crippen LogP contribution is 2.32. The van der Waals surface area contributed by atoms with Gasteiger partial charge in [0.05, 0.1) is 5.56 Å². The SMILES string of the molecule is Nc1cccc2c1CCN2C(=O)c1cncnc1. The number of amides is 1.